The molecule has 38 heavy (non-hydrogen) atoms. The number of fused-ring (bicyclic) bond motifs is 4. The Balaban J connectivity index is 1.47. The van der Waals surface area contributed by atoms with E-state index in [-0.39, 0.29) is 11.7 Å². The summed E-state index contributed by atoms with van der Waals surface area (Å²) in [5.74, 6) is 1.67. The highest BCUT2D eigenvalue weighted by Gasteiger charge is 2.38. The molecule has 0 saturated heterocycles. The van der Waals surface area contributed by atoms with Gasteiger partial charge in [-0.2, -0.15) is 5.10 Å². The lowest BCUT2D eigenvalue weighted by molar-refractivity contribution is 0.402. The Bertz CT molecular complexity index is 1790. The van der Waals surface area contributed by atoms with E-state index in [9.17, 15) is 4.39 Å². The van der Waals surface area contributed by atoms with Crippen molar-refractivity contribution in [2.24, 2.45) is 0 Å². The zero-order chi connectivity index (χ0) is 25.8. The highest BCUT2D eigenvalue weighted by Crippen LogP contribution is 2.49. The summed E-state index contributed by atoms with van der Waals surface area (Å²) in [5.41, 5.74) is 5.73. The van der Waals surface area contributed by atoms with E-state index in [0.717, 1.165) is 33.8 Å². The summed E-state index contributed by atoms with van der Waals surface area (Å²) in [6.07, 6.45) is 1.58. The lowest BCUT2D eigenvalue weighted by Crippen LogP contribution is -2.16. The number of hydrogen-bond acceptors (Lipinski definition) is 6. The van der Waals surface area contributed by atoms with Gasteiger partial charge in [-0.1, -0.05) is 30.3 Å². The van der Waals surface area contributed by atoms with Gasteiger partial charge in [0.2, 0.25) is 11.8 Å². The Morgan fingerprint density at radius 3 is 2.39 bits per heavy atom. The fraction of sp³-hybridized carbons (Fsp3) is 0.103. The molecule has 186 valence electrons. The van der Waals surface area contributed by atoms with Gasteiger partial charge in [-0.05, 0) is 61.0 Å². The summed E-state index contributed by atoms with van der Waals surface area (Å²) in [6.45, 7) is 1.98. The molecule has 0 bridgehead atoms. The quantitative estimate of drug-likeness (QED) is 0.305. The van der Waals surface area contributed by atoms with Crippen LogP contribution < -0.4 is 9.47 Å². The van der Waals surface area contributed by atoms with Gasteiger partial charge in [0.25, 0.3) is 0 Å². The second kappa shape index (κ2) is 8.52. The number of methoxy groups -OCH3 is 1. The van der Waals surface area contributed by atoms with Crippen molar-refractivity contribution in [2.45, 2.75) is 12.8 Å². The molecule has 0 amide bonds. The molecule has 1 unspecified atom stereocenters. The van der Waals surface area contributed by atoms with Gasteiger partial charge in [0.1, 0.15) is 17.9 Å². The number of aryl methyl sites for hydroxylation is 1. The summed E-state index contributed by atoms with van der Waals surface area (Å²) in [4.78, 5) is 9.49. The van der Waals surface area contributed by atoms with Crippen molar-refractivity contribution in [1.29, 1.82) is 0 Å². The van der Waals surface area contributed by atoms with E-state index in [1.165, 1.54) is 12.1 Å². The molecule has 0 fully saturated rings. The van der Waals surface area contributed by atoms with Crippen molar-refractivity contribution < 1.29 is 13.9 Å². The topological polar surface area (TPSA) is 79.4 Å². The van der Waals surface area contributed by atoms with Gasteiger partial charge in [0, 0.05) is 5.56 Å². The molecule has 4 heterocycles. The molecule has 1 atom stereocenters. The van der Waals surface area contributed by atoms with Crippen molar-refractivity contribution in [3.63, 3.8) is 0 Å². The maximum Gasteiger partial charge on any atom is 0.230 e. The smallest absolute Gasteiger partial charge is 0.230 e. The van der Waals surface area contributed by atoms with Crippen LogP contribution in [-0.2, 0) is 0 Å². The maximum absolute atomic E-state index is 13.5. The lowest BCUT2D eigenvalue weighted by Gasteiger charge is -2.26. The third-order valence-corrected chi connectivity index (χ3v) is 6.77. The van der Waals surface area contributed by atoms with Crippen LogP contribution in [0.3, 0.4) is 0 Å². The normalized spacial score (nSPS) is 14.1. The van der Waals surface area contributed by atoms with E-state index in [0.29, 0.717) is 28.8 Å². The Labute approximate surface area is 216 Å². The van der Waals surface area contributed by atoms with Crippen molar-refractivity contribution in [1.82, 2.24) is 29.4 Å². The molecular formula is C29H21FN6O2. The van der Waals surface area contributed by atoms with Crippen LogP contribution in [0.2, 0.25) is 0 Å². The molecular weight excluding hydrogens is 483 g/mol. The van der Waals surface area contributed by atoms with Crippen molar-refractivity contribution in [3.8, 4) is 34.6 Å². The zero-order valence-corrected chi connectivity index (χ0v) is 20.5. The highest BCUT2D eigenvalue weighted by atomic mass is 19.1. The largest absolute Gasteiger partial charge is 0.497 e. The summed E-state index contributed by atoms with van der Waals surface area (Å²) in [6, 6.07) is 23.9. The van der Waals surface area contributed by atoms with E-state index in [1.54, 1.807) is 30.1 Å². The van der Waals surface area contributed by atoms with E-state index in [4.69, 9.17) is 19.6 Å². The van der Waals surface area contributed by atoms with Crippen molar-refractivity contribution in [3.05, 3.63) is 113 Å². The van der Waals surface area contributed by atoms with E-state index in [1.807, 2.05) is 66.2 Å². The van der Waals surface area contributed by atoms with Crippen LogP contribution in [0.15, 0.2) is 85.2 Å². The van der Waals surface area contributed by atoms with Crippen molar-refractivity contribution in [2.75, 3.05) is 7.11 Å². The summed E-state index contributed by atoms with van der Waals surface area (Å²) >= 11 is 0. The Hall–Kier alpha value is -5.05. The minimum absolute atomic E-state index is 0.279. The molecule has 0 N–H and O–H groups in total. The molecule has 0 aliphatic carbocycles. The van der Waals surface area contributed by atoms with Crippen molar-refractivity contribution >= 4 is 5.65 Å². The number of benzene rings is 3. The number of hydrogen-bond donors (Lipinski definition) is 0. The predicted molar refractivity (Wildman–Crippen MR) is 138 cm³/mol. The van der Waals surface area contributed by atoms with Gasteiger partial charge in [-0.3, -0.25) is 0 Å². The molecule has 1 aliphatic heterocycles. The molecule has 9 heteroatoms. The van der Waals surface area contributed by atoms with Crippen LogP contribution >= 0.6 is 0 Å². The Morgan fingerprint density at radius 1 is 0.895 bits per heavy atom. The molecule has 0 radical (unpaired) electrons. The van der Waals surface area contributed by atoms with Crippen LogP contribution in [0, 0.1) is 12.7 Å². The molecule has 1 aliphatic rings. The number of aromatic nitrogens is 6. The molecule has 0 spiro atoms. The number of rotatable bonds is 4. The highest BCUT2D eigenvalue weighted by molar-refractivity contribution is 5.68. The van der Waals surface area contributed by atoms with Crippen LogP contribution in [0.1, 0.15) is 28.3 Å². The third-order valence-electron chi connectivity index (χ3n) is 6.77. The summed E-state index contributed by atoms with van der Waals surface area (Å²) in [5, 5.41) is 9.49. The first kappa shape index (κ1) is 22.2. The second-order valence-corrected chi connectivity index (χ2v) is 9.03. The fourth-order valence-corrected chi connectivity index (χ4v) is 4.97. The van der Waals surface area contributed by atoms with Crippen LogP contribution in [0.5, 0.6) is 17.5 Å². The fourth-order valence-electron chi connectivity index (χ4n) is 4.97. The summed E-state index contributed by atoms with van der Waals surface area (Å²) in [7, 11) is 1.64. The van der Waals surface area contributed by atoms with E-state index < -0.39 is 0 Å². The molecule has 7 rings (SSSR count). The zero-order valence-electron chi connectivity index (χ0n) is 20.5. The monoisotopic (exact) mass is 504 g/mol. The SMILES string of the molecule is COc1ccc(C2c3c(C)nn(-c4ccccc4)c3Oc3ncn4nc(-c5ccc(F)cc5)nc4c32)cc1. The number of ether oxygens (including phenoxy) is 2. The van der Waals surface area contributed by atoms with Gasteiger partial charge in [0.15, 0.2) is 11.5 Å². The third kappa shape index (κ3) is 3.43. The van der Waals surface area contributed by atoms with Gasteiger partial charge in [-0.15, -0.1) is 5.10 Å². The number of nitrogens with zero attached hydrogens (tertiary/aromatic N) is 6. The average Bonchev–Trinajstić information content (AvgIpc) is 3.54. The average molecular weight is 505 g/mol. The van der Waals surface area contributed by atoms with Gasteiger partial charge < -0.3 is 9.47 Å². The van der Waals surface area contributed by atoms with E-state index >= 15 is 0 Å². The molecule has 3 aromatic heterocycles. The predicted octanol–water partition coefficient (Wildman–Crippen LogP) is 5.72. The van der Waals surface area contributed by atoms with Crippen LogP contribution in [-0.4, -0.2) is 36.5 Å². The minimum atomic E-state index is -0.317. The van der Waals surface area contributed by atoms with Gasteiger partial charge in [0.05, 0.1) is 35.5 Å². The van der Waals surface area contributed by atoms with Gasteiger partial charge in [-0.25, -0.2) is 23.6 Å². The minimum Gasteiger partial charge on any atom is -0.497 e. The number of halogens is 1. The molecule has 3 aromatic carbocycles. The first-order valence-electron chi connectivity index (χ1n) is 12.1. The molecule has 0 saturated carbocycles. The Morgan fingerprint density at radius 2 is 1.66 bits per heavy atom. The molecule has 8 nitrogen and oxygen atoms in total. The van der Waals surface area contributed by atoms with Crippen LogP contribution in [0.4, 0.5) is 4.39 Å². The first-order valence-corrected chi connectivity index (χ1v) is 12.1. The number of para-hydroxylation sites is 1. The lowest BCUT2D eigenvalue weighted by atomic mass is 9.84. The van der Waals surface area contributed by atoms with Gasteiger partial charge >= 0.3 is 0 Å². The summed E-state index contributed by atoms with van der Waals surface area (Å²) < 4.78 is 28.8. The van der Waals surface area contributed by atoms with Crippen LogP contribution in [0.25, 0.3) is 22.7 Å². The standard InChI is InChI=1S/C29H21FN6O2/c1-17-23-24(18-10-14-22(37-2)15-11-18)25-27-32-26(19-8-12-20(30)13-9-19)34-35(27)16-31-28(25)38-29(23)36(33-17)21-6-4-3-5-7-21/h3-16,24H,1-2H3. The van der Waals surface area contributed by atoms with E-state index in [2.05, 4.69) is 10.1 Å². The molecule has 6 aromatic rings. The second-order valence-electron chi connectivity index (χ2n) is 9.03. The first-order chi connectivity index (χ1) is 18.6. The Kier molecular flexibility index (Phi) is 4.97. The maximum atomic E-state index is 13.5.